The molecule has 1 N–H and O–H groups in total. The Hall–Kier alpha value is -0.130. The summed E-state index contributed by atoms with van der Waals surface area (Å²) in [6, 6.07) is 0.313. The summed E-state index contributed by atoms with van der Waals surface area (Å²) in [5.74, 6) is 0.0654. The third kappa shape index (κ3) is 1.81. The highest BCUT2D eigenvalue weighted by Crippen LogP contribution is 2.28. The van der Waals surface area contributed by atoms with E-state index in [1.54, 1.807) is 0 Å². The minimum atomic E-state index is -3.00. The third-order valence-corrected chi connectivity index (χ3v) is 5.17. The first-order valence-electron chi connectivity index (χ1n) is 5.10. The van der Waals surface area contributed by atoms with Crippen molar-refractivity contribution in [1.29, 1.82) is 0 Å². The molecule has 2 aliphatic rings. The van der Waals surface area contributed by atoms with E-state index in [-0.39, 0.29) is 17.5 Å². The van der Waals surface area contributed by atoms with Crippen LogP contribution in [0.15, 0.2) is 0 Å². The average molecular weight is 219 g/mol. The summed E-state index contributed by atoms with van der Waals surface area (Å²) in [4.78, 5) is 2.05. The van der Waals surface area contributed by atoms with E-state index < -0.39 is 15.9 Å². The Kier molecular flexibility index (Phi) is 2.57. The van der Waals surface area contributed by atoms with Crippen molar-refractivity contribution in [1.82, 2.24) is 4.90 Å². The fourth-order valence-corrected chi connectivity index (χ4v) is 4.12. The number of hydrogen-bond acceptors (Lipinski definition) is 4. The lowest BCUT2D eigenvalue weighted by Gasteiger charge is -2.39. The number of nitrogens with zero attached hydrogens (tertiary/aromatic N) is 1. The van der Waals surface area contributed by atoms with Crippen LogP contribution in [-0.4, -0.2) is 55.2 Å². The van der Waals surface area contributed by atoms with E-state index in [0.717, 1.165) is 12.8 Å². The first-order chi connectivity index (χ1) is 6.49. The topological polar surface area (TPSA) is 57.6 Å². The van der Waals surface area contributed by atoms with Gasteiger partial charge in [0, 0.05) is 6.04 Å². The number of aliphatic hydroxyl groups is 1. The zero-order chi connectivity index (χ0) is 10.3. The lowest BCUT2D eigenvalue weighted by atomic mass is 9.90. The Morgan fingerprint density at radius 1 is 1.29 bits per heavy atom. The van der Waals surface area contributed by atoms with Gasteiger partial charge in [-0.2, -0.15) is 0 Å². The molecule has 2 fully saturated rings. The molecule has 0 aromatic carbocycles. The first-order valence-corrected chi connectivity index (χ1v) is 6.92. The molecule has 0 aromatic rings. The van der Waals surface area contributed by atoms with Crippen LogP contribution in [0, 0.1) is 0 Å². The van der Waals surface area contributed by atoms with Gasteiger partial charge in [0.1, 0.15) is 0 Å². The molecule has 2 rings (SSSR count). The summed E-state index contributed by atoms with van der Waals surface area (Å²) >= 11 is 0. The minimum absolute atomic E-state index is 0.0608. The number of rotatable bonds is 2. The molecule has 82 valence electrons. The van der Waals surface area contributed by atoms with Gasteiger partial charge in [-0.25, -0.2) is 8.42 Å². The molecular formula is C9H17NO3S. The highest BCUT2D eigenvalue weighted by atomic mass is 32.2. The van der Waals surface area contributed by atoms with Gasteiger partial charge in [0.2, 0.25) is 0 Å². The van der Waals surface area contributed by atoms with Gasteiger partial charge in [-0.3, -0.25) is 4.90 Å². The standard InChI is InChI=1S/C9H17NO3S/c1-10(7-3-2-4-7)8-5-14(12,13)6-9(8)11/h7-9,11H,2-6H2,1H3. The van der Waals surface area contributed by atoms with Crippen LogP contribution in [0.3, 0.4) is 0 Å². The molecule has 0 amide bonds. The van der Waals surface area contributed by atoms with Crippen molar-refractivity contribution in [2.75, 3.05) is 18.6 Å². The van der Waals surface area contributed by atoms with Gasteiger partial charge in [-0.05, 0) is 19.9 Å². The molecule has 1 heterocycles. The van der Waals surface area contributed by atoms with Crippen molar-refractivity contribution in [3.05, 3.63) is 0 Å². The predicted octanol–water partition coefficient (Wildman–Crippen LogP) is -0.371. The van der Waals surface area contributed by atoms with Crippen LogP contribution in [0.1, 0.15) is 19.3 Å². The van der Waals surface area contributed by atoms with Gasteiger partial charge in [0.25, 0.3) is 0 Å². The van der Waals surface area contributed by atoms with Gasteiger partial charge in [0.15, 0.2) is 9.84 Å². The van der Waals surface area contributed by atoms with Crippen molar-refractivity contribution >= 4 is 9.84 Å². The molecule has 0 spiro atoms. The lowest BCUT2D eigenvalue weighted by Crippen LogP contribution is -2.48. The Balaban J connectivity index is 2.04. The average Bonchev–Trinajstić information content (AvgIpc) is 2.20. The summed E-state index contributed by atoms with van der Waals surface area (Å²) in [6.07, 6.45) is 2.81. The van der Waals surface area contributed by atoms with Crippen molar-refractivity contribution in [2.24, 2.45) is 0 Å². The van der Waals surface area contributed by atoms with Crippen molar-refractivity contribution in [2.45, 2.75) is 37.5 Å². The second-order valence-corrected chi connectivity index (χ2v) is 6.62. The van der Waals surface area contributed by atoms with E-state index in [2.05, 4.69) is 4.90 Å². The normalized spacial score (nSPS) is 37.4. The number of aliphatic hydroxyl groups excluding tert-OH is 1. The highest BCUT2D eigenvalue weighted by Gasteiger charge is 2.41. The maximum atomic E-state index is 11.3. The molecule has 1 saturated heterocycles. The maximum Gasteiger partial charge on any atom is 0.154 e. The molecule has 2 unspecified atom stereocenters. The molecule has 5 heteroatoms. The van der Waals surface area contributed by atoms with Crippen LogP contribution in [0.25, 0.3) is 0 Å². The van der Waals surface area contributed by atoms with E-state index >= 15 is 0 Å². The van der Waals surface area contributed by atoms with E-state index in [0.29, 0.717) is 6.04 Å². The first kappa shape index (κ1) is 10.4. The monoisotopic (exact) mass is 219 g/mol. The van der Waals surface area contributed by atoms with Gasteiger partial charge >= 0.3 is 0 Å². The van der Waals surface area contributed by atoms with Crippen molar-refractivity contribution in [3.63, 3.8) is 0 Å². The summed E-state index contributed by atoms with van der Waals surface area (Å²) in [7, 11) is -1.07. The van der Waals surface area contributed by atoms with Crippen molar-refractivity contribution < 1.29 is 13.5 Å². The third-order valence-electron chi connectivity index (χ3n) is 3.47. The highest BCUT2D eigenvalue weighted by molar-refractivity contribution is 7.91. The number of likely N-dealkylation sites (N-methyl/N-ethyl adjacent to an activating group) is 1. The molecular weight excluding hydrogens is 202 g/mol. The van der Waals surface area contributed by atoms with Crippen LogP contribution in [-0.2, 0) is 9.84 Å². The summed E-state index contributed by atoms with van der Waals surface area (Å²) < 4.78 is 22.6. The number of sulfone groups is 1. The molecule has 1 aliphatic heterocycles. The molecule has 14 heavy (non-hydrogen) atoms. The molecule has 0 bridgehead atoms. The summed E-state index contributed by atoms with van der Waals surface area (Å²) in [5.41, 5.74) is 0. The molecule has 2 atom stereocenters. The Labute approximate surface area is 84.8 Å². The Morgan fingerprint density at radius 2 is 1.93 bits per heavy atom. The largest absolute Gasteiger partial charge is 0.390 e. The molecule has 1 aliphatic carbocycles. The quantitative estimate of drug-likeness (QED) is 0.688. The predicted molar refractivity (Wildman–Crippen MR) is 53.9 cm³/mol. The minimum Gasteiger partial charge on any atom is -0.390 e. The zero-order valence-electron chi connectivity index (χ0n) is 8.39. The van der Waals surface area contributed by atoms with Crippen LogP contribution in [0.5, 0.6) is 0 Å². The molecule has 0 radical (unpaired) electrons. The second kappa shape index (κ2) is 3.47. The van der Waals surface area contributed by atoms with Crippen LogP contribution >= 0.6 is 0 Å². The van der Waals surface area contributed by atoms with Crippen LogP contribution < -0.4 is 0 Å². The van der Waals surface area contributed by atoms with Crippen LogP contribution in [0.2, 0.25) is 0 Å². The van der Waals surface area contributed by atoms with Crippen molar-refractivity contribution in [3.8, 4) is 0 Å². The summed E-state index contributed by atoms with van der Waals surface area (Å²) in [5, 5.41) is 9.64. The maximum absolute atomic E-state index is 11.3. The van der Waals surface area contributed by atoms with E-state index in [1.165, 1.54) is 6.42 Å². The molecule has 0 aromatic heterocycles. The second-order valence-electron chi connectivity index (χ2n) is 4.46. The smallest absolute Gasteiger partial charge is 0.154 e. The van der Waals surface area contributed by atoms with Crippen LogP contribution in [0.4, 0.5) is 0 Å². The zero-order valence-corrected chi connectivity index (χ0v) is 9.20. The fraction of sp³-hybridized carbons (Fsp3) is 1.00. The number of hydrogen-bond donors (Lipinski definition) is 1. The van der Waals surface area contributed by atoms with E-state index in [9.17, 15) is 13.5 Å². The van der Waals surface area contributed by atoms with Gasteiger partial charge < -0.3 is 5.11 Å². The summed E-state index contributed by atoms with van der Waals surface area (Å²) in [6.45, 7) is 0. The lowest BCUT2D eigenvalue weighted by molar-refractivity contribution is 0.0468. The molecule has 4 nitrogen and oxygen atoms in total. The Morgan fingerprint density at radius 3 is 2.29 bits per heavy atom. The van der Waals surface area contributed by atoms with E-state index in [1.807, 2.05) is 7.05 Å². The van der Waals surface area contributed by atoms with E-state index in [4.69, 9.17) is 0 Å². The SMILES string of the molecule is CN(C1CCC1)C1CS(=O)(=O)CC1O. The van der Waals surface area contributed by atoms with Gasteiger partial charge in [-0.1, -0.05) is 6.42 Å². The Bertz CT molecular complexity index is 310. The van der Waals surface area contributed by atoms with Gasteiger partial charge in [0.05, 0.1) is 23.7 Å². The van der Waals surface area contributed by atoms with Gasteiger partial charge in [-0.15, -0.1) is 0 Å². The molecule has 1 saturated carbocycles. The fourth-order valence-electron chi connectivity index (χ4n) is 2.26.